The predicted molar refractivity (Wildman–Crippen MR) is 69.7 cm³/mol. The minimum absolute atomic E-state index is 0.0217. The van der Waals surface area contributed by atoms with E-state index in [0.29, 0.717) is 5.75 Å². The van der Waals surface area contributed by atoms with E-state index in [9.17, 15) is 14.4 Å². The molecule has 0 spiro atoms. The molecule has 1 rings (SSSR count). The van der Waals surface area contributed by atoms with Crippen LogP contribution in [0.1, 0.15) is 25.5 Å². The van der Waals surface area contributed by atoms with E-state index >= 15 is 0 Å². The Morgan fingerprint density at radius 3 is 2.24 bits per heavy atom. The smallest absolute Gasteiger partial charge is 0.119 e. The first-order valence-electron chi connectivity index (χ1n) is 5.47. The molecule has 3 unspecified atom stereocenters. The summed E-state index contributed by atoms with van der Waals surface area (Å²) < 4.78 is 11.1. The lowest BCUT2D eigenvalue weighted by atomic mass is 10.1. The molecule has 3 N–H and O–H groups in total. The van der Waals surface area contributed by atoms with Crippen molar-refractivity contribution < 1.29 is 14.4 Å². The van der Waals surface area contributed by atoms with E-state index in [1.54, 1.807) is 18.4 Å². The number of benzene rings is 1. The van der Waals surface area contributed by atoms with Crippen molar-refractivity contribution in [1.29, 1.82) is 0 Å². The zero-order valence-corrected chi connectivity index (χ0v) is 11.1. The fourth-order valence-electron chi connectivity index (χ4n) is 1.79. The normalized spacial score (nSPS) is 16.4. The minimum Gasteiger partial charge on any atom is -0.508 e. The van der Waals surface area contributed by atoms with Crippen molar-refractivity contribution in [2.24, 2.45) is 0 Å². The van der Waals surface area contributed by atoms with Crippen LogP contribution in [0.4, 0.5) is 0 Å². The first kappa shape index (κ1) is 14.0. The quantitative estimate of drug-likeness (QED) is 0.748. The molecule has 4 nitrogen and oxygen atoms in total. The van der Waals surface area contributed by atoms with Crippen LogP contribution in [0.3, 0.4) is 0 Å². The molecule has 0 aliphatic carbocycles. The monoisotopic (exact) mass is 257 g/mol. The molecule has 1 aromatic rings. The number of rotatable bonds is 5. The van der Waals surface area contributed by atoms with E-state index < -0.39 is 10.8 Å². The molecule has 0 aliphatic heterocycles. The van der Waals surface area contributed by atoms with Gasteiger partial charge in [0, 0.05) is 41.0 Å². The molecule has 0 bridgehead atoms. The standard InChI is InChI=1S/C12H19NO3S/c1-8(7-17(3)16)13-9(2)10-4-11(14)6-12(15)5-10/h4-6,8-9,13-15H,7H2,1-3H3. The zero-order valence-electron chi connectivity index (χ0n) is 10.3. The van der Waals surface area contributed by atoms with Gasteiger partial charge in [-0.15, -0.1) is 0 Å². The van der Waals surface area contributed by atoms with E-state index in [1.807, 2.05) is 13.8 Å². The molecule has 0 radical (unpaired) electrons. The Labute approximate surface area is 104 Å². The number of phenolic OH excluding ortho intramolecular Hbond substituents is 2. The summed E-state index contributed by atoms with van der Waals surface area (Å²) in [6.45, 7) is 3.89. The van der Waals surface area contributed by atoms with Gasteiger partial charge in [-0.05, 0) is 31.5 Å². The van der Waals surface area contributed by atoms with Gasteiger partial charge in [0.15, 0.2) is 0 Å². The van der Waals surface area contributed by atoms with E-state index in [1.165, 1.54) is 6.07 Å². The largest absolute Gasteiger partial charge is 0.508 e. The highest BCUT2D eigenvalue weighted by Gasteiger charge is 2.12. The second kappa shape index (κ2) is 6.02. The maximum atomic E-state index is 11.1. The summed E-state index contributed by atoms with van der Waals surface area (Å²) in [5.74, 6) is 0.663. The molecule has 0 saturated carbocycles. The van der Waals surface area contributed by atoms with Gasteiger partial charge in [-0.1, -0.05) is 0 Å². The Kier molecular flexibility index (Phi) is 4.96. The lowest BCUT2D eigenvalue weighted by Crippen LogP contribution is -2.33. The van der Waals surface area contributed by atoms with Crippen LogP contribution in [0.2, 0.25) is 0 Å². The van der Waals surface area contributed by atoms with Gasteiger partial charge in [0.05, 0.1) is 0 Å². The van der Waals surface area contributed by atoms with E-state index in [4.69, 9.17) is 0 Å². The fourth-order valence-corrected chi connectivity index (χ4v) is 2.59. The SMILES string of the molecule is CC(CS(C)=O)NC(C)c1cc(O)cc(O)c1. The van der Waals surface area contributed by atoms with E-state index in [2.05, 4.69) is 5.32 Å². The second-order valence-electron chi connectivity index (χ2n) is 4.31. The third-order valence-corrected chi connectivity index (χ3v) is 3.41. The van der Waals surface area contributed by atoms with Crippen molar-refractivity contribution >= 4 is 10.8 Å². The molecule has 96 valence electrons. The Balaban J connectivity index is 2.69. The molecular weight excluding hydrogens is 238 g/mol. The Hall–Kier alpha value is -1.07. The molecule has 0 fully saturated rings. The lowest BCUT2D eigenvalue weighted by Gasteiger charge is -2.20. The first-order chi connectivity index (χ1) is 7.88. The van der Waals surface area contributed by atoms with Crippen molar-refractivity contribution in [3.8, 4) is 11.5 Å². The third-order valence-electron chi connectivity index (χ3n) is 2.44. The van der Waals surface area contributed by atoms with Crippen molar-refractivity contribution in [2.45, 2.75) is 25.9 Å². The number of phenols is 2. The van der Waals surface area contributed by atoms with Crippen LogP contribution >= 0.6 is 0 Å². The average molecular weight is 257 g/mol. The molecule has 3 atom stereocenters. The third kappa shape index (κ3) is 4.75. The highest BCUT2D eigenvalue weighted by molar-refractivity contribution is 7.84. The van der Waals surface area contributed by atoms with Crippen LogP contribution < -0.4 is 5.32 Å². The molecule has 5 heteroatoms. The van der Waals surface area contributed by atoms with Gasteiger partial charge in [-0.25, -0.2) is 0 Å². The molecule has 1 aromatic carbocycles. The summed E-state index contributed by atoms with van der Waals surface area (Å²) in [6.07, 6.45) is 1.67. The highest BCUT2D eigenvalue weighted by Crippen LogP contribution is 2.24. The van der Waals surface area contributed by atoms with Crippen LogP contribution in [0.5, 0.6) is 11.5 Å². The van der Waals surface area contributed by atoms with E-state index in [-0.39, 0.29) is 23.6 Å². The van der Waals surface area contributed by atoms with Gasteiger partial charge in [-0.2, -0.15) is 0 Å². The number of hydrogen-bond donors (Lipinski definition) is 3. The van der Waals surface area contributed by atoms with Gasteiger partial charge in [-0.3, -0.25) is 4.21 Å². The van der Waals surface area contributed by atoms with Crippen LogP contribution in [-0.2, 0) is 10.8 Å². The van der Waals surface area contributed by atoms with Crippen LogP contribution in [0.15, 0.2) is 18.2 Å². The maximum absolute atomic E-state index is 11.1. The summed E-state index contributed by atoms with van der Waals surface area (Å²) in [5.41, 5.74) is 0.802. The maximum Gasteiger partial charge on any atom is 0.119 e. The summed E-state index contributed by atoms with van der Waals surface area (Å²) in [5, 5.41) is 22.0. The molecule has 0 aromatic heterocycles. The number of nitrogens with one attached hydrogen (secondary N) is 1. The molecular formula is C12H19NO3S. The first-order valence-corrected chi connectivity index (χ1v) is 7.20. The Bertz CT molecular complexity index is 388. The van der Waals surface area contributed by atoms with Crippen molar-refractivity contribution in [3.05, 3.63) is 23.8 Å². The fraction of sp³-hybridized carbons (Fsp3) is 0.500. The molecule has 17 heavy (non-hydrogen) atoms. The molecule has 0 saturated heterocycles. The topological polar surface area (TPSA) is 69.6 Å². The van der Waals surface area contributed by atoms with Gasteiger partial charge >= 0.3 is 0 Å². The van der Waals surface area contributed by atoms with Gasteiger partial charge in [0.25, 0.3) is 0 Å². The Morgan fingerprint density at radius 1 is 1.24 bits per heavy atom. The number of aromatic hydroxyl groups is 2. The van der Waals surface area contributed by atoms with Gasteiger partial charge in [0.1, 0.15) is 11.5 Å². The number of hydrogen-bond acceptors (Lipinski definition) is 4. The minimum atomic E-state index is -0.839. The molecule has 0 aliphatic rings. The zero-order chi connectivity index (χ0) is 13.0. The summed E-state index contributed by atoms with van der Waals surface area (Å²) in [6, 6.07) is 4.59. The highest BCUT2D eigenvalue weighted by atomic mass is 32.2. The Morgan fingerprint density at radius 2 is 1.76 bits per heavy atom. The molecule has 0 amide bonds. The molecule has 0 heterocycles. The summed E-state index contributed by atoms with van der Waals surface area (Å²) in [4.78, 5) is 0. The lowest BCUT2D eigenvalue weighted by molar-refractivity contribution is 0.443. The summed E-state index contributed by atoms with van der Waals surface area (Å²) in [7, 11) is -0.839. The van der Waals surface area contributed by atoms with Gasteiger partial charge in [0.2, 0.25) is 0 Å². The average Bonchev–Trinajstić information content (AvgIpc) is 2.14. The van der Waals surface area contributed by atoms with E-state index in [0.717, 1.165) is 5.56 Å². The predicted octanol–water partition coefficient (Wildman–Crippen LogP) is 1.52. The van der Waals surface area contributed by atoms with Crippen molar-refractivity contribution in [1.82, 2.24) is 5.32 Å². The van der Waals surface area contributed by atoms with Crippen LogP contribution in [-0.4, -0.2) is 32.5 Å². The second-order valence-corrected chi connectivity index (χ2v) is 5.79. The summed E-state index contributed by atoms with van der Waals surface area (Å²) >= 11 is 0. The van der Waals surface area contributed by atoms with Crippen LogP contribution in [0.25, 0.3) is 0 Å². The van der Waals surface area contributed by atoms with Gasteiger partial charge < -0.3 is 15.5 Å². The van der Waals surface area contributed by atoms with Crippen molar-refractivity contribution in [3.63, 3.8) is 0 Å². The van der Waals surface area contributed by atoms with Crippen molar-refractivity contribution in [2.75, 3.05) is 12.0 Å². The van der Waals surface area contributed by atoms with Crippen LogP contribution in [0, 0.1) is 0 Å².